The number of rotatable bonds is 4. The Balaban J connectivity index is 2.32. The maximum absolute atomic E-state index is 4.19. The zero-order valence-corrected chi connectivity index (χ0v) is 11.3. The molecule has 3 nitrogen and oxygen atoms in total. The molecule has 90 valence electrons. The van der Waals surface area contributed by atoms with Crippen LogP contribution in [-0.4, -0.2) is 38.5 Å². The topological polar surface area (TPSA) is 27.6 Å². The Kier molecular flexibility index (Phi) is 5.32. The van der Waals surface area contributed by atoms with Crippen LogP contribution in [0, 0.1) is 5.92 Å². The summed E-state index contributed by atoms with van der Waals surface area (Å²) < 4.78 is 0. The second-order valence-electron chi connectivity index (χ2n) is 4.21. The zero-order chi connectivity index (χ0) is 12.0. The lowest BCUT2D eigenvalue weighted by atomic mass is 10.1. The van der Waals surface area contributed by atoms with E-state index in [4.69, 9.17) is 0 Å². The molecule has 4 heteroatoms. The van der Waals surface area contributed by atoms with Gasteiger partial charge in [0.1, 0.15) is 0 Å². The Morgan fingerprint density at radius 2 is 2.31 bits per heavy atom. The maximum Gasteiger partial charge on any atom is 0.193 e. The molecule has 0 bridgehead atoms. The minimum atomic E-state index is 0.621. The monoisotopic (exact) mass is 239 g/mol. The zero-order valence-electron chi connectivity index (χ0n) is 10.5. The van der Waals surface area contributed by atoms with Crippen molar-refractivity contribution < 1.29 is 0 Å². The molecule has 0 radical (unpaired) electrons. The standard InChI is InChI=1S/C12H21N3S/c1-10(8-11-6-5-7-16-11)9-14-12(13-2)15(3)4/h5-7,10H,8-9H2,1-4H3,(H,13,14). The summed E-state index contributed by atoms with van der Waals surface area (Å²) in [4.78, 5) is 7.64. The van der Waals surface area contributed by atoms with E-state index in [0.29, 0.717) is 5.92 Å². The SMILES string of the molecule is CN=C(NCC(C)Cc1cccs1)N(C)C. The van der Waals surface area contributed by atoms with Gasteiger partial charge in [0.25, 0.3) is 0 Å². The molecule has 1 atom stereocenters. The number of nitrogens with zero attached hydrogens (tertiary/aromatic N) is 2. The van der Waals surface area contributed by atoms with Crippen molar-refractivity contribution in [2.75, 3.05) is 27.7 Å². The van der Waals surface area contributed by atoms with Crippen LogP contribution in [0.1, 0.15) is 11.8 Å². The van der Waals surface area contributed by atoms with Crippen molar-refractivity contribution in [2.24, 2.45) is 10.9 Å². The summed E-state index contributed by atoms with van der Waals surface area (Å²) in [5.41, 5.74) is 0. The Labute approximate surface area is 102 Å². The molecule has 1 rings (SSSR count). The maximum atomic E-state index is 4.19. The highest BCUT2D eigenvalue weighted by Gasteiger charge is 2.06. The second kappa shape index (κ2) is 6.53. The molecule has 0 aliphatic heterocycles. The fourth-order valence-corrected chi connectivity index (χ4v) is 2.42. The minimum absolute atomic E-state index is 0.621. The highest BCUT2D eigenvalue weighted by molar-refractivity contribution is 7.09. The van der Waals surface area contributed by atoms with Crippen LogP contribution in [0.4, 0.5) is 0 Å². The molecule has 1 aromatic rings. The van der Waals surface area contributed by atoms with Gasteiger partial charge in [-0.2, -0.15) is 0 Å². The smallest absolute Gasteiger partial charge is 0.193 e. The third-order valence-corrected chi connectivity index (χ3v) is 3.27. The third-order valence-electron chi connectivity index (χ3n) is 2.37. The van der Waals surface area contributed by atoms with Crippen molar-refractivity contribution in [1.29, 1.82) is 0 Å². The average molecular weight is 239 g/mol. The van der Waals surface area contributed by atoms with Gasteiger partial charge in [0.2, 0.25) is 0 Å². The van der Waals surface area contributed by atoms with Gasteiger partial charge in [-0.15, -0.1) is 11.3 Å². The Morgan fingerprint density at radius 3 is 2.81 bits per heavy atom. The van der Waals surface area contributed by atoms with E-state index in [-0.39, 0.29) is 0 Å². The van der Waals surface area contributed by atoms with Crippen molar-refractivity contribution >= 4 is 17.3 Å². The van der Waals surface area contributed by atoms with Crippen LogP contribution in [0.5, 0.6) is 0 Å². The molecule has 0 saturated carbocycles. The Bertz CT molecular complexity index is 317. The lowest BCUT2D eigenvalue weighted by molar-refractivity contribution is 0.525. The first-order chi connectivity index (χ1) is 7.63. The van der Waals surface area contributed by atoms with Crippen LogP contribution >= 0.6 is 11.3 Å². The first-order valence-corrected chi connectivity index (χ1v) is 6.41. The van der Waals surface area contributed by atoms with Gasteiger partial charge in [0.05, 0.1) is 0 Å². The molecule has 1 heterocycles. The van der Waals surface area contributed by atoms with Crippen molar-refractivity contribution in [2.45, 2.75) is 13.3 Å². The molecule has 1 unspecified atom stereocenters. The molecule has 0 spiro atoms. The summed E-state index contributed by atoms with van der Waals surface area (Å²) in [5, 5.41) is 5.49. The van der Waals surface area contributed by atoms with Gasteiger partial charge in [-0.25, -0.2) is 0 Å². The predicted octanol–water partition coefficient (Wildman–Crippen LogP) is 2.06. The van der Waals surface area contributed by atoms with Gasteiger partial charge < -0.3 is 10.2 Å². The third kappa shape index (κ3) is 4.23. The van der Waals surface area contributed by atoms with Gasteiger partial charge in [0, 0.05) is 32.6 Å². The number of hydrogen-bond donors (Lipinski definition) is 1. The normalized spacial score (nSPS) is 13.6. The van der Waals surface area contributed by atoms with Gasteiger partial charge in [-0.3, -0.25) is 4.99 Å². The van der Waals surface area contributed by atoms with Crippen LogP contribution in [-0.2, 0) is 6.42 Å². The number of hydrogen-bond acceptors (Lipinski definition) is 2. The van der Waals surface area contributed by atoms with Gasteiger partial charge >= 0.3 is 0 Å². The Morgan fingerprint density at radius 1 is 1.56 bits per heavy atom. The summed E-state index contributed by atoms with van der Waals surface area (Å²) in [6.45, 7) is 3.22. The number of nitrogens with one attached hydrogen (secondary N) is 1. The van der Waals surface area contributed by atoms with E-state index in [1.807, 2.05) is 37.4 Å². The molecule has 0 amide bonds. The van der Waals surface area contributed by atoms with Crippen molar-refractivity contribution in [1.82, 2.24) is 10.2 Å². The molecular formula is C12H21N3S. The first-order valence-electron chi connectivity index (χ1n) is 5.53. The van der Waals surface area contributed by atoms with Crippen LogP contribution in [0.3, 0.4) is 0 Å². The second-order valence-corrected chi connectivity index (χ2v) is 5.24. The number of aliphatic imine (C=N–C) groups is 1. The number of guanidine groups is 1. The highest BCUT2D eigenvalue weighted by Crippen LogP contribution is 2.13. The van der Waals surface area contributed by atoms with Gasteiger partial charge in [-0.05, 0) is 23.8 Å². The lowest BCUT2D eigenvalue weighted by Gasteiger charge is -2.19. The van der Waals surface area contributed by atoms with Crippen LogP contribution in [0.25, 0.3) is 0 Å². The molecule has 0 aliphatic carbocycles. The lowest BCUT2D eigenvalue weighted by Crippen LogP contribution is -2.38. The van der Waals surface area contributed by atoms with Crippen molar-refractivity contribution in [3.05, 3.63) is 22.4 Å². The van der Waals surface area contributed by atoms with Crippen LogP contribution in [0.2, 0.25) is 0 Å². The molecule has 0 aliphatic rings. The molecule has 0 fully saturated rings. The van der Waals surface area contributed by atoms with E-state index in [1.54, 1.807) is 0 Å². The molecule has 0 saturated heterocycles. The Hall–Kier alpha value is -1.03. The predicted molar refractivity (Wildman–Crippen MR) is 72.2 cm³/mol. The summed E-state index contributed by atoms with van der Waals surface area (Å²) in [5.74, 6) is 1.56. The minimum Gasteiger partial charge on any atom is -0.356 e. The molecule has 1 aromatic heterocycles. The van der Waals surface area contributed by atoms with E-state index < -0.39 is 0 Å². The first kappa shape index (κ1) is 13.0. The van der Waals surface area contributed by atoms with E-state index in [0.717, 1.165) is 18.9 Å². The summed E-state index contributed by atoms with van der Waals surface area (Å²) >= 11 is 1.83. The molecular weight excluding hydrogens is 218 g/mol. The van der Waals surface area contributed by atoms with E-state index in [9.17, 15) is 0 Å². The summed E-state index contributed by atoms with van der Waals surface area (Å²) in [6, 6.07) is 4.31. The van der Waals surface area contributed by atoms with Crippen LogP contribution in [0.15, 0.2) is 22.5 Å². The molecule has 0 aromatic carbocycles. The molecule has 1 N–H and O–H groups in total. The average Bonchev–Trinajstić information content (AvgIpc) is 2.70. The van der Waals surface area contributed by atoms with Crippen molar-refractivity contribution in [3.63, 3.8) is 0 Å². The van der Waals surface area contributed by atoms with E-state index in [1.165, 1.54) is 4.88 Å². The quantitative estimate of drug-likeness (QED) is 0.643. The largest absolute Gasteiger partial charge is 0.356 e. The summed E-state index contributed by atoms with van der Waals surface area (Å²) in [7, 11) is 5.81. The van der Waals surface area contributed by atoms with E-state index >= 15 is 0 Å². The van der Waals surface area contributed by atoms with Crippen molar-refractivity contribution in [3.8, 4) is 0 Å². The number of thiophene rings is 1. The fourth-order valence-electron chi connectivity index (χ4n) is 1.55. The fraction of sp³-hybridized carbons (Fsp3) is 0.583. The van der Waals surface area contributed by atoms with Crippen LogP contribution < -0.4 is 5.32 Å². The summed E-state index contributed by atoms with van der Waals surface area (Å²) in [6.07, 6.45) is 1.13. The van der Waals surface area contributed by atoms with Gasteiger partial charge in [-0.1, -0.05) is 13.0 Å². The molecule has 16 heavy (non-hydrogen) atoms. The van der Waals surface area contributed by atoms with E-state index in [2.05, 4.69) is 34.7 Å². The highest BCUT2D eigenvalue weighted by atomic mass is 32.1. The van der Waals surface area contributed by atoms with Gasteiger partial charge in [0.15, 0.2) is 5.96 Å².